The Labute approximate surface area is 128 Å². The van der Waals surface area contributed by atoms with Crippen molar-refractivity contribution in [2.75, 3.05) is 38.7 Å². The van der Waals surface area contributed by atoms with Gasteiger partial charge in [0, 0.05) is 25.3 Å². The van der Waals surface area contributed by atoms with Gasteiger partial charge in [-0.1, -0.05) is 19.3 Å². The van der Waals surface area contributed by atoms with Gasteiger partial charge in [-0.05, 0) is 45.0 Å². The van der Waals surface area contributed by atoms with E-state index in [2.05, 4.69) is 23.9 Å². The number of carbonyl (C=O) groups excluding carboxylic acids is 1. The summed E-state index contributed by atoms with van der Waals surface area (Å²) in [4.78, 5) is 17.1. The molecule has 0 unspecified atom stereocenters. The molecule has 1 amide bonds. The minimum Gasteiger partial charge on any atom is -0.338 e. The minimum atomic E-state index is 0.411. The number of hydrogen-bond acceptors (Lipinski definition) is 3. The molecule has 1 aliphatic carbocycles. The monoisotopic (exact) mass is 298 g/mol. The fourth-order valence-corrected chi connectivity index (χ4v) is 4.54. The third kappa shape index (κ3) is 4.96. The summed E-state index contributed by atoms with van der Waals surface area (Å²) in [5.74, 6) is 3.39. The number of rotatable bonds is 4. The van der Waals surface area contributed by atoms with Crippen molar-refractivity contribution in [2.45, 2.75) is 51.0 Å². The Morgan fingerprint density at radius 1 is 1.20 bits per heavy atom. The lowest BCUT2D eigenvalue weighted by Gasteiger charge is -2.33. The third-order valence-corrected chi connectivity index (χ3v) is 5.72. The zero-order chi connectivity index (χ0) is 14.4. The number of carbonyl (C=O) groups is 1. The first-order chi connectivity index (χ1) is 9.66. The smallest absolute Gasteiger partial charge is 0.223 e. The predicted molar refractivity (Wildman–Crippen MR) is 87.2 cm³/mol. The summed E-state index contributed by atoms with van der Waals surface area (Å²) in [5.41, 5.74) is 0. The molecule has 0 spiro atoms. The van der Waals surface area contributed by atoms with Gasteiger partial charge in [0.05, 0.1) is 6.04 Å². The van der Waals surface area contributed by atoms with E-state index in [-0.39, 0.29) is 0 Å². The van der Waals surface area contributed by atoms with Crippen LogP contribution in [0.3, 0.4) is 0 Å². The van der Waals surface area contributed by atoms with Crippen molar-refractivity contribution in [1.29, 1.82) is 0 Å². The lowest BCUT2D eigenvalue weighted by molar-refractivity contribution is -0.134. The minimum absolute atomic E-state index is 0.411. The van der Waals surface area contributed by atoms with Gasteiger partial charge in [0.25, 0.3) is 0 Å². The largest absolute Gasteiger partial charge is 0.338 e. The van der Waals surface area contributed by atoms with Crippen molar-refractivity contribution in [3.05, 3.63) is 0 Å². The van der Waals surface area contributed by atoms with Crippen LogP contribution in [0, 0.1) is 5.92 Å². The van der Waals surface area contributed by atoms with Crippen LogP contribution in [0.2, 0.25) is 0 Å². The van der Waals surface area contributed by atoms with Crippen LogP contribution in [0.15, 0.2) is 0 Å². The maximum atomic E-state index is 12.7. The van der Waals surface area contributed by atoms with Crippen molar-refractivity contribution in [3.63, 3.8) is 0 Å². The van der Waals surface area contributed by atoms with Crippen molar-refractivity contribution in [3.8, 4) is 0 Å². The zero-order valence-corrected chi connectivity index (χ0v) is 14.0. The summed E-state index contributed by atoms with van der Waals surface area (Å²) in [6.45, 7) is 1.97. The van der Waals surface area contributed by atoms with Gasteiger partial charge in [0.15, 0.2) is 0 Å². The molecule has 0 aromatic rings. The quantitative estimate of drug-likeness (QED) is 0.797. The summed E-state index contributed by atoms with van der Waals surface area (Å²) in [5, 5.41) is 0. The normalized spacial score (nSPS) is 25.8. The molecule has 0 aromatic heterocycles. The molecule has 2 rings (SSSR count). The van der Waals surface area contributed by atoms with E-state index >= 15 is 0 Å². The Balaban J connectivity index is 1.92. The molecule has 1 saturated heterocycles. The topological polar surface area (TPSA) is 23.6 Å². The molecule has 116 valence electrons. The maximum absolute atomic E-state index is 12.7. The molecule has 1 saturated carbocycles. The Morgan fingerprint density at radius 2 is 1.95 bits per heavy atom. The number of nitrogens with zero attached hydrogens (tertiary/aromatic N) is 2. The highest BCUT2D eigenvalue weighted by Gasteiger charge is 2.28. The summed E-state index contributed by atoms with van der Waals surface area (Å²) in [7, 11) is 4.22. The number of thioether (sulfide) groups is 1. The first-order valence-corrected chi connectivity index (χ1v) is 9.34. The summed E-state index contributed by atoms with van der Waals surface area (Å²) < 4.78 is 0. The summed E-state index contributed by atoms with van der Waals surface area (Å²) in [6, 6.07) is 0.411. The molecule has 3 nitrogen and oxygen atoms in total. The van der Waals surface area contributed by atoms with Crippen LogP contribution >= 0.6 is 11.8 Å². The second-order valence-corrected chi connectivity index (χ2v) is 7.79. The van der Waals surface area contributed by atoms with Crippen LogP contribution in [0.1, 0.15) is 44.9 Å². The summed E-state index contributed by atoms with van der Waals surface area (Å²) >= 11 is 2.01. The van der Waals surface area contributed by atoms with Crippen LogP contribution in [0.5, 0.6) is 0 Å². The van der Waals surface area contributed by atoms with Gasteiger partial charge in [-0.3, -0.25) is 4.79 Å². The summed E-state index contributed by atoms with van der Waals surface area (Å²) in [6.07, 6.45) is 8.52. The molecule has 4 heteroatoms. The third-order valence-electron chi connectivity index (χ3n) is 4.52. The standard InChI is InChI=1S/C16H30N2OS/c1-17(2)12-15-13-20-10-6-9-18(15)16(19)11-14-7-4-3-5-8-14/h14-15H,3-13H2,1-2H3/t15-/m0/s1. The molecular formula is C16H30N2OS. The van der Waals surface area contributed by atoms with Crippen LogP contribution in [0.4, 0.5) is 0 Å². The first kappa shape index (κ1) is 16.2. The van der Waals surface area contributed by atoms with Gasteiger partial charge in [-0.2, -0.15) is 11.8 Å². The van der Waals surface area contributed by atoms with E-state index in [9.17, 15) is 4.79 Å². The first-order valence-electron chi connectivity index (χ1n) is 8.18. The van der Waals surface area contributed by atoms with E-state index in [1.165, 1.54) is 37.9 Å². The van der Waals surface area contributed by atoms with E-state index < -0.39 is 0 Å². The van der Waals surface area contributed by atoms with Crippen LogP contribution in [-0.2, 0) is 4.79 Å². The van der Waals surface area contributed by atoms with E-state index in [1.54, 1.807) is 0 Å². The Morgan fingerprint density at radius 3 is 2.65 bits per heavy atom. The van der Waals surface area contributed by atoms with E-state index in [0.717, 1.165) is 31.7 Å². The van der Waals surface area contributed by atoms with Crippen molar-refractivity contribution in [1.82, 2.24) is 9.80 Å². The average Bonchev–Trinajstić information content (AvgIpc) is 2.64. The Hall–Kier alpha value is -0.220. The van der Waals surface area contributed by atoms with Gasteiger partial charge < -0.3 is 9.80 Å². The molecule has 20 heavy (non-hydrogen) atoms. The second kappa shape index (κ2) is 8.28. The molecule has 0 aromatic carbocycles. The molecule has 0 N–H and O–H groups in total. The number of hydrogen-bond donors (Lipinski definition) is 0. The van der Waals surface area contributed by atoms with Gasteiger partial charge in [0.2, 0.25) is 5.91 Å². The number of likely N-dealkylation sites (N-methyl/N-ethyl adjacent to an activating group) is 1. The van der Waals surface area contributed by atoms with Crippen molar-refractivity contribution >= 4 is 17.7 Å². The highest BCUT2D eigenvalue weighted by atomic mass is 32.2. The predicted octanol–water partition coefficient (Wildman–Crippen LogP) is 2.85. The van der Waals surface area contributed by atoms with E-state index in [0.29, 0.717) is 17.9 Å². The number of amides is 1. The highest BCUT2D eigenvalue weighted by molar-refractivity contribution is 7.99. The SMILES string of the molecule is CN(C)C[C@H]1CSCCCN1C(=O)CC1CCCCC1. The average molecular weight is 298 g/mol. The molecule has 1 aliphatic heterocycles. The molecule has 0 bridgehead atoms. The van der Waals surface area contributed by atoms with Gasteiger partial charge in [-0.15, -0.1) is 0 Å². The molecule has 1 atom stereocenters. The Bertz CT molecular complexity index is 303. The second-order valence-electron chi connectivity index (χ2n) is 6.64. The molecule has 0 radical (unpaired) electrons. The van der Waals surface area contributed by atoms with Crippen molar-refractivity contribution < 1.29 is 4.79 Å². The van der Waals surface area contributed by atoms with Gasteiger partial charge in [0.1, 0.15) is 0 Å². The van der Waals surface area contributed by atoms with Crippen LogP contribution in [0.25, 0.3) is 0 Å². The lowest BCUT2D eigenvalue weighted by atomic mass is 9.86. The fraction of sp³-hybridized carbons (Fsp3) is 0.938. The maximum Gasteiger partial charge on any atom is 0.223 e. The lowest BCUT2D eigenvalue weighted by Crippen LogP contribution is -2.47. The zero-order valence-electron chi connectivity index (χ0n) is 13.1. The molecule has 1 heterocycles. The fourth-order valence-electron chi connectivity index (χ4n) is 3.49. The van der Waals surface area contributed by atoms with Crippen molar-refractivity contribution in [2.24, 2.45) is 5.92 Å². The van der Waals surface area contributed by atoms with E-state index in [4.69, 9.17) is 0 Å². The van der Waals surface area contributed by atoms with E-state index in [1.807, 2.05) is 11.8 Å². The highest BCUT2D eigenvalue weighted by Crippen LogP contribution is 2.28. The van der Waals surface area contributed by atoms with Gasteiger partial charge in [-0.25, -0.2) is 0 Å². The van der Waals surface area contributed by atoms with Gasteiger partial charge >= 0.3 is 0 Å². The molecule has 2 aliphatic rings. The molecule has 2 fully saturated rings. The Kier molecular flexibility index (Phi) is 6.69. The van der Waals surface area contributed by atoms with Crippen LogP contribution < -0.4 is 0 Å². The van der Waals surface area contributed by atoms with Crippen LogP contribution in [-0.4, -0.2) is 60.4 Å². The molecular weight excluding hydrogens is 268 g/mol.